The van der Waals surface area contributed by atoms with Crippen molar-refractivity contribution in [3.63, 3.8) is 0 Å². The molecular weight excluding hydrogens is 254 g/mol. The molecule has 0 aliphatic carbocycles. The first-order valence-corrected chi connectivity index (χ1v) is 7.31. The third-order valence-electron chi connectivity index (χ3n) is 3.43. The number of nitrogens with zero attached hydrogens (tertiary/aromatic N) is 1. The van der Waals surface area contributed by atoms with E-state index in [1.807, 2.05) is 19.1 Å². The largest absolute Gasteiger partial charge is 0.371 e. The number of carbonyl (C=O) groups is 1. The average Bonchev–Trinajstić information content (AvgIpc) is 2.90. The zero-order chi connectivity index (χ0) is 13.8. The van der Waals surface area contributed by atoms with Gasteiger partial charge in [0.2, 0.25) is 0 Å². The van der Waals surface area contributed by atoms with Gasteiger partial charge in [0, 0.05) is 35.6 Å². The molecule has 0 saturated heterocycles. The van der Waals surface area contributed by atoms with Gasteiger partial charge < -0.3 is 4.90 Å². The molecule has 1 aromatic carbocycles. The van der Waals surface area contributed by atoms with Crippen molar-refractivity contribution in [2.75, 3.05) is 11.9 Å². The first-order valence-electron chi connectivity index (χ1n) is 6.43. The average molecular weight is 273 g/mol. The Morgan fingerprint density at radius 1 is 1.37 bits per heavy atom. The Morgan fingerprint density at radius 3 is 2.79 bits per heavy atom. The van der Waals surface area contributed by atoms with Crippen molar-refractivity contribution in [3.05, 3.63) is 51.7 Å². The van der Waals surface area contributed by atoms with Crippen molar-refractivity contribution < 1.29 is 4.79 Å². The molecule has 2 nitrogen and oxygen atoms in total. The number of aryl methyl sites for hydroxylation is 1. The number of thiophene rings is 1. The van der Waals surface area contributed by atoms with Crippen molar-refractivity contribution in [1.82, 2.24) is 0 Å². The van der Waals surface area contributed by atoms with Crippen LogP contribution in [0.2, 0.25) is 0 Å². The van der Waals surface area contributed by atoms with Gasteiger partial charge in [-0.1, -0.05) is 17.7 Å². The van der Waals surface area contributed by atoms with Crippen LogP contribution < -0.4 is 4.90 Å². The minimum Gasteiger partial charge on any atom is -0.371 e. The summed E-state index contributed by atoms with van der Waals surface area (Å²) in [6.45, 7) is 4.19. The second kappa shape index (κ2) is 6.02. The van der Waals surface area contributed by atoms with Gasteiger partial charge in [-0.15, -0.1) is 11.3 Å². The highest BCUT2D eigenvalue weighted by Gasteiger charge is 2.14. The third-order valence-corrected chi connectivity index (χ3v) is 4.33. The predicted molar refractivity (Wildman–Crippen MR) is 82.5 cm³/mol. The second-order valence-electron chi connectivity index (χ2n) is 4.92. The summed E-state index contributed by atoms with van der Waals surface area (Å²) in [6.07, 6.45) is 1.94. The summed E-state index contributed by atoms with van der Waals surface area (Å²) >= 11 is 1.78. The maximum absolute atomic E-state index is 11.2. The van der Waals surface area contributed by atoms with Gasteiger partial charge in [-0.25, -0.2) is 0 Å². The number of aldehydes is 1. The molecule has 0 spiro atoms. The van der Waals surface area contributed by atoms with Gasteiger partial charge in [0.15, 0.2) is 6.29 Å². The topological polar surface area (TPSA) is 20.3 Å². The summed E-state index contributed by atoms with van der Waals surface area (Å²) in [5.74, 6) is 0. The zero-order valence-corrected chi connectivity index (χ0v) is 12.4. The molecule has 0 N–H and O–H groups in total. The molecule has 2 aromatic rings. The fourth-order valence-corrected chi connectivity index (χ4v) is 3.01. The quantitative estimate of drug-likeness (QED) is 0.769. The van der Waals surface area contributed by atoms with Crippen LogP contribution in [-0.4, -0.2) is 19.4 Å². The van der Waals surface area contributed by atoms with E-state index in [1.54, 1.807) is 11.3 Å². The Bertz CT molecular complexity index is 548. The summed E-state index contributed by atoms with van der Waals surface area (Å²) in [7, 11) is 2.05. The van der Waals surface area contributed by atoms with Gasteiger partial charge in [-0.3, -0.25) is 4.79 Å². The fraction of sp³-hybridized carbons (Fsp3) is 0.312. The van der Waals surface area contributed by atoms with Gasteiger partial charge in [0.05, 0.1) is 0 Å². The Balaban J connectivity index is 2.18. The van der Waals surface area contributed by atoms with Crippen LogP contribution in [-0.2, 0) is 6.42 Å². The van der Waals surface area contributed by atoms with Crippen molar-refractivity contribution >= 4 is 23.3 Å². The van der Waals surface area contributed by atoms with Crippen molar-refractivity contribution in [2.45, 2.75) is 26.3 Å². The highest BCUT2D eigenvalue weighted by molar-refractivity contribution is 7.09. The minimum absolute atomic E-state index is 0.361. The molecule has 3 heteroatoms. The highest BCUT2D eigenvalue weighted by Crippen LogP contribution is 2.23. The fourth-order valence-electron chi connectivity index (χ4n) is 2.18. The lowest BCUT2D eigenvalue weighted by molar-refractivity contribution is 0.112. The first kappa shape index (κ1) is 13.8. The van der Waals surface area contributed by atoms with Crippen molar-refractivity contribution in [3.8, 4) is 0 Å². The lowest BCUT2D eigenvalue weighted by Crippen LogP contribution is -2.31. The van der Waals surface area contributed by atoms with E-state index in [0.29, 0.717) is 6.04 Å². The van der Waals surface area contributed by atoms with Gasteiger partial charge in [-0.2, -0.15) is 0 Å². The Morgan fingerprint density at radius 2 is 2.16 bits per heavy atom. The molecule has 1 aromatic heterocycles. The van der Waals surface area contributed by atoms with Crippen molar-refractivity contribution in [1.29, 1.82) is 0 Å². The van der Waals surface area contributed by atoms with Crippen LogP contribution in [0.1, 0.15) is 27.7 Å². The molecule has 0 saturated carbocycles. The third kappa shape index (κ3) is 3.24. The van der Waals surface area contributed by atoms with Crippen molar-refractivity contribution in [2.24, 2.45) is 0 Å². The summed E-state index contributed by atoms with van der Waals surface area (Å²) in [6, 6.07) is 10.6. The van der Waals surface area contributed by atoms with E-state index in [-0.39, 0.29) is 0 Å². The SMILES string of the molecule is Cc1ccc(N(C)C(C)Cc2cccs2)c(C=O)c1. The molecule has 19 heavy (non-hydrogen) atoms. The molecule has 100 valence electrons. The Kier molecular flexibility index (Phi) is 4.38. The number of carbonyl (C=O) groups excluding carboxylic acids is 1. The molecule has 0 bridgehead atoms. The van der Waals surface area contributed by atoms with Crippen LogP contribution >= 0.6 is 11.3 Å². The number of benzene rings is 1. The first-order chi connectivity index (χ1) is 9.11. The zero-order valence-electron chi connectivity index (χ0n) is 11.6. The number of likely N-dealkylation sites (N-methyl/N-ethyl adjacent to an activating group) is 1. The predicted octanol–water partition coefficient (Wildman–Crippen LogP) is 3.94. The maximum atomic E-state index is 11.2. The molecule has 1 heterocycles. The molecule has 1 atom stereocenters. The van der Waals surface area contributed by atoms with Gasteiger partial charge in [0.25, 0.3) is 0 Å². The number of anilines is 1. The molecular formula is C16H19NOS. The highest BCUT2D eigenvalue weighted by atomic mass is 32.1. The van der Waals surface area contributed by atoms with E-state index in [1.165, 1.54) is 4.88 Å². The van der Waals surface area contributed by atoms with E-state index in [0.717, 1.165) is 29.5 Å². The van der Waals surface area contributed by atoms with Gasteiger partial charge in [0.1, 0.15) is 0 Å². The molecule has 1 unspecified atom stereocenters. The lowest BCUT2D eigenvalue weighted by Gasteiger charge is -2.28. The van der Waals surface area contributed by atoms with E-state index < -0.39 is 0 Å². The Hall–Kier alpha value is -1.61. The van der Waals surface area contributed by atoms with E-state index in [2.05, 4.69) is 42.5 Å². The molecule has 0 aliphatic rings. The maximum Gasteiger partial charge on any atom is 0.152 e. The number of hydrogen-bond donors (Lipinski definition) is 0. The molecule has 0 fully saturated rings. The van der Waals surface area contributed by atoms with Crippen LogP contribution in [0, 0.1) is 6.92 Å². The number of rotatable bonds is 5. The monoisotopic (exact) mass is 273 g/mol. The van der Waals surface area contributed by atoms with Crippen LogP contribution in [0.4, 0.5) is 5.69 Å². The van der Waals surface area contributed by atoms with Gasteiger partial charge >= 0.3 is 0 Å². The summed E-state index contributed by atoms with van der Waals surface area (Å²) in [4.78, 5) is 14.8. The number of hydrogen-bond acceptors (Lipinski definition) is 3. The smallest absolute Gasteiger partial charge is 0.152 e. The van der Waals surface area contributed by atoms with Crippen LogP contribution in [0.5, 0.6) is 0 Å². The normalized spacial score (nSPS) is 12.2. The minimum atomic E-state index is 0.361. The lowest BCUT2D eigenvalue weighted by atomic mass is 10.1. The summed E-state index contributed by atoms with van der Waals surface area (Å²) in [5, 5.41) is 2.10. The summed E-state index contributed by atoms with van der Waals surface area (Å²) < 4.78 is 0. The van der Waals surface area contributed by atoms with Crippen LogP contribution in [0.25, 0.3) is 0 Å². The second-order valence-corrected chi connectivity index (χ2v) is 5.96. The van der Waals surface area contributed by atoms with E-state index in [4.69, 9.17) is 0 Å². The van der Waals surface area contributed by atoms with E-state index >= 15 is 0 Å². The molecule has 0 amide bonds. The van der Waals surface area contributed by atoms with E-state index in [9.17, 15) is 4.79 Å². The van der Waals surface area contributed by atoms with Gasteiger partial charge in [-0.05, 0) is 37.4 Å². The standard InChI is InChI=1S/C16H19NOS/c1-12-6-7-16(14(9-12)11-18)17(3)13(2)10-15-5-4-8-19-15/h4-9,11,13H,10H2,1-3H3. The Labute approximate surface area is 118 Å². The van der Waals surface area contributed by atoms with Crippen LogP contribution in [0.15, 0.2) is 35.7 Å². The molecule has 0 aliphatic heterocycles. The summed E-state index contributed by atoms with van der Waals surface area (Å²) in [5.41, 5.74) is 2.88. The van der Waals surface area contributed by atoms with Crippen LogP contribution in [0.3, 0.4) is 0 Å². The molecule has 2 rings (SSSR count). The molecule has 0 radical (unpaired) electrons.